The van der Waals surface area contributed by atoms with E-state index in [1.165, 1.54) is 54.5 Å². The molecule has 3 heterocycles. The summed E-state index contributed by atoms with van der Waals surface area (Å²) in [6.45, 7) is -0.328. The van der Waals surface area contributed by atoms with Gasteiger partial charge in [0.05, 0.1) is 29.5 Å². The number of carbonyl (C=O) groups excluding carboxylic acids is 1. The summed E-state index contributed by atoms with van der Waals surface area (Å²) in [5.41, 5.74) is 0.524. The second-order valence-corrected chi connectivity index (χ2v) is 7.79. The van der Waals surface area contributed by atoms with Crippen molar-refractivity contribution in [2.75, 3.05) is 0 Å². The Morgan fingerprint density at radius 2 is 1.86 bits per heavy atom. The van der Waals surface area contributed by atoms with Crippen LogP contribution in [0.1, 0.15) is 16.3 Å². The van der Waals surface area contributed by atoms with E-state index in [2.05, 4.69) is 0 Å². The number of nitrogens with zero attached hydrogens (tertiary/aromatic N) is 2. The van der Waals surface area contributed by atoms with E-state index < -0.39 is 21.7 Å². The van der Waals surface area contributed by atoms with Gasteiger partial charge in [0.1, 0.15) is 5.76 Å². The van der Waals surface area contributed by atoms with E-state index in [0.29, 0.717) is 9.82 Å². The van der Waals surface area contributed by atoms with Crippen LogP contribution in [0.4, 0.5) is 0 Å². The number of hydrogen-bond donors (Lipinski definition) is 0. The van der Waals surface area contributed by atoms with Gasteiger partial charge in [-0.05, 0) is 36.4 Å². The summed E-state index contributed by atoms with van der Waals surface area (Å²) >= 11 is 0. The van der Waals surface area contributed by atoms with Crippen LogP contribution in [0.15, 0.2) is 77.9 Å². The van der Waals surface area contributed by atoms with Crippen molar-refractivity contribution in [2.24, 2.45) is 7.05 Å². The lowest BCUT2D eigenvalue weighted by Crippen LogP contribution is -2.36. The van der Waals surface area contributed by atoms with Crippen molar-refractivity contribution in [3.05, 3.63) is 77.1 Å². The van der Waals surface area contributed by atoms with E-state index in [4.69, 9.17) is 13.3 Å². The third-order valence-corrected chi connectivity index (χ3v) is 5.91. The highest BCUT2D eigenvalue weighted by atomic mass is 32.2. The summed E-state index contributed by atoms with van der Waals surface area (Å²) < 4.78 is 43.7. The van der Waals surface area contributed by atoms with Crippen LogP contribution in [0.3, 0.4) is 0 Å². The average molecular weight is 402 g/mol. The number of benzene rings is 1. The fraction of sp³-hybridized carbons (Fsp3) is 0.111. The van der Waals surface area contributed by atoms with Crippen molar-refractivity contribution in [2.45, 2.75) is 11.4 Å². The molecule has 0 fully saturated rings. The highest BCUT2D eigenvalue weighted by Crippen LogP contribution is 2.24. The van der Waals surface area contributed by atoms with Gasteiger partial charge in [0.2, 0.25) is 0 Å². The number of hydrogen-bond acceptors (Lipinski definition) is 7. The standard InChI is InChI=1S/C18H14N2O7S/c1-19-14-7-6-13(10-16(14)27-18(19)22)28(23,24)20(11-12-4-2-8-25-12)17(21)15-5-3-9-26-15/h2-10H,11H2,1H3. The first kappa shape index (κ1) is 17.9. The van der Waals surface area contributed by atoms with Gasteiger partial charge in [0.25, 0.3) is 10.0 Å². The molecule has 10 heteroatoms. The highest BCUT2D eigenvalue weighted by molar-refractivity contribution is 7.89. The number of furan rings is 2. The number of sulfonamides is 1. The Morgan fingerprint density at radius 1 is 1.11 bits per heavy atom. The van der Waals surface area contributed by atoms with E-state index >= 15 is 0 Å². The molecule has 4 aromatic rings. The first-order valence-electron chi connectivity index (χ1n) is 8.10. The number of fused-ring (bicyclic) bond motifs is 1. The van der Waals surface area contributed by atoms with Gasteiger partial charge in [-0.15, -0.1) is 0 Å². The molecule has 0 saturated carbocycles. The number of aromatic nitrogens is 1. The third-order valence-electron chi connectivity index (χ3n) is 4.19. The summed E-state index contributed by atoms with van der Waals surface area (Å²) in [4.78, 5) is 24.3. The van der Waals surface area contributed by atoms with Crippen LogP contribution >= 0.6 is 0 Å². The van der Waals surface area contributed by atoms with Crippen LogP contribution in [0.5, 0.6) is 0 Å². The predicted octanol–water partition coefficient (Wildman–Crippen LogP) is 2.35. The van der Waals surface area contributed by atoms with Gasteiger partial charge in [-0.25, -0.2) is 17.5 Å². The van der Waals surface area contributed by atoms with E-state index in [1.807, 2.05) is 0 Å². The molecule has 4 rings (SSSR count). The van der Waals surface area contributed by atoms with Crippen molar-refractivity contribution < 1.29 is 26.5 Å². The zero-order chi connectivity index (χ0) is 19.9. The van der Waals surface area contributed by atoms with Gasteiger partial charge in [-0.3, -0.25) is 9.36 Å². The van der Waals surface area contributed by atoms with Gasteiger partial charge < -0.3 is 13.3 Å². The second-order valence-electron chi connectivity index (χ2n) is 5.93. The smallest absolute Gasteiger partial charge is 0.419 e. The van der Waals surface area contributed by atoms with E-state index in [-0.39, 0.29) is 28.5 Å². The molecule has 0 aliphatic heterocycles. The molecule has 28 heavy (non-hydrogen) atoms. The minimum absolute atomic E-state index is 0.0944. The molecule has 0 bridgehead atoms. The van der Waals surface area contributed by atoms with Crippen molar-refractivity contribution in [3.63, 3.8) is 0 Å². The Balaban J connectivity index is 1.81. The molecule has 0 aliphatic carbocycles. The topological polar surface area (TPSA) is 116 Å². The zero-order valence-corrected chi connectivity index (χ0v) is 15.4. The molecule has 3 aromatic heterocycles. The molecule has 144 valence electrons. The minimum Gasteiger partial charge on any atom is -0.467 e. The van der Waals surface area contributed by atoms with E-state index in [9.17, 15) is 18.0 Å². The number of carbonyl (C=O) groups is 1. The summed E-state index contributed by atoms with van der Waals surface area (Å²) in [5.74, 6) is -1.34. The Labute approximate surface area is 158 Å². The van der Waals surface area contributed by atoms with Gasteiger partial charge in [-0.1, -0.05) is 0 Å². The van der Waals surface area contributed by atoms with Crippen molar-refractivity contribution in [1.29, 1.82) is 0 Å². The summed E-state index contributed by atoms with van der Waals surface area (Å²) in [7, 11) is -2.80. The van der Waals surface area contributed by atoms with Crippen LogP contribution in [0.25, 0.3) is 11.1 Å². The maximum Gasteiger partial charge on any atom is 0.419 e. The van der Waals surface area contributed by atoms with Crippen LogP contribution in [0, 0.1) is 0 Å². The molecule has 0 atom stereocenters. The quantitative estimate of drug-likeness (QED) is 0.503. The normalized spacial score (nSPS) is 11.8. The predicted molar refractivity (Wildman–Crippen MR) is 95.9 cm³/mol. The van der Waals surface area contributed by atoms with Crippen LogP contribution in [-0.2, 0) is 23.6 Å². The summed E-state index contributed by atoms with van der Waals surface area (Å²) in [6, 6.07) is 9.94. The molecule has 0 radical (unpaired) electrons. The third kappa shape index (κ3) is 2.93. The monoisotopic (exact) mass is 402 g/mol. The summed E-state index contributed by atoms with van der Waals surface area (Å²) in [5, 5.41) is 0. The highest BCUT2D eigenvalue weighted by Gasteiger charge is 2.33. The second kappa shape index (κ2) is 6.57. The minimum atomic E-state index is -4.30. The molecule has 1 amide bonds. The molecule has 0 aliphatic rings. The zero-order valence-electron chi connectivity index (χ0n) is 14.6. The van der Waals surface area contributed by atoms with E-state index in [0.717, 1.165) is 0 Å². The van der Waals surface area contributed by atoms with Gasteiger partial charge >= 0.3 is 11.7 Å². The maximum atomic E-state index is 13.2. The van der Waals surface area contributed by atoms with Gasteiger partial charge in [0.15, 0.2) is 11.3 Å². The number of rotatable bonds is 5. The van der Waals surface area contributed by atoms with Crippen LogP contribution in [-0.4, -0.2) is 23.2 Å². The molecule has 0 N–H and O–H groups in total. The number of aryl methyl sites for hydroxylation is 1. The Hall–Kier alpha value is -3.53. The largest absolute Gasteiger partial charge is 0.467 e. The van der Waals surface area contributed by atoms with Crippen molar-refractivity contribution in [1.82, 2.24) is 8.87 Å². The first-order chi connectivity index (χ1) is 13.4. The van der Waals surface area contributed by atoms with Gasteiger partial charge in [-0.2, -0.15) is 0 Å². The fourth-order valence-corrected chi connectivity index (χ4v) is 4.09. The van der Waals surface area contributed by atoms with Crippen LogP contribution in [0.2, 0.25) is 0 Å². The molecule has 0 spiro atoms. The molecule has 0 unspecified atom stereocenters. The number of oxazole rings is 1. The Kier molecular flexibility index (Phi) is 4.19. The maximum absolute atomic E-state index is 13.2. The molecule has 0 saturated heterocycles. The Morgan fingerprint density at radius 3 is 2.54 bits per heavy atom. The number of amides is 1. The van der Waals surface area contributed by atoms with Crippen molar-refractivity contribution >= 4 is 27.0 Å². The first-order valence-corrected chi connectivity index (χ1v) is 9.54. The van der Waals surface area contributed by atoms with Gasteiger partial charge in [0, 0.05) is 13.1 Å². The summed E-state index contributed by atoms with van der Waals surface area (Å²) in [6.07, 6.45) is 2.65. The molecular weight excluding hydrogens is 388 g/mol. The lowest BCUT2D eigenvalue weighted by atomic mass is 10.3. The molecular formula is C18H14N2O7S. The average Bonchev–Trinajstić information content (AvgIpc) is 3.42. The molecule has 1 aromatic carbocycles. The lowest BCUT2D eigenvalue weighted by molar-refractivity contribution is 0.0818. The SMILES string of the molecule is Cn1c(=O)oc2cc(S(=O)(=O)N(Cc3ccco3)C(=O)c3ccco3)ccc21. The fourth-order valence-electron chi connectivity index (χ4n) is 2.74. The Bertz CT molecular complexity index is 1300. The van der Waals surface area contributed by atoms with E-state index in [1.54, 1.807) is 12.1 Å². The molecule has 9 nitrogen and oxygen atoms in total. The van der Waals surface area contributed by atoms with Crippen LogP contribution < -0.4 is 5.76 Å². The lowest BCUT2D eigenvalue weighted by Gasteiger charge is -2.20. The van der Waals surface area contributed by atoms with Crippen molar-refractivity contribution in [3.8, 4) is 0 Å².